The third kappa shape index (κ3) is 7.52. The van der Waals surface area contributed by atoms with Crippen LogP contribution in [0.25, 0.3) is 0 Å². The molecule has 0 saturated carbocycles. The van der Waals surface area contributed by atoms with Crippen molar-refractivity contribution in [2.24, 2.45) is 17.8 Å². The zero-order valence-corrected chi connectivity index (χ0v) is 29.6. The van der Waals surface area contributed by atoms with Gasteiger partial charge in [-0.05, 0) is 49.6 Å². The highest BCUT2D eigenvalue weighted by molar-refractivity contribution is 6.74. The van der Waals surface area contributed by atoms with E-state index in [0.29, 0.717) is 12.5 Å². The molecule has 4 unspecified atom stereocenters. The number of methoxy groups -OCH3 is 1. The Kier molecular flexibility index (Phi) is 11.4. The maximum Gasteiger partial charge on any atom is 0.192 e. The Morgan fingerprint density at radius 3 is 1.61 bits per heavy atom. The third-order valence-electron chi connectivity index (χ3n) is 10.3. The van der Waals surface area contributed by atoms with Crippen molar-refractivity contribution in [3.05, 3.63) is 0 Å². The molecule has 2 saturated heterocycles. The lowest BCUT2D eigenvalue weighted by Crippen LogP contribution is -2.63. The highest BCUT2D eigenvalue weighted by atomic mass is 28.4. The molecule has 2 aliphatic rings. The van der Waals surface area contributed by atoms with Gasteiger partial charge in [0.1, 0.15) is 6.10 Å². The first-order valence-corrected chi connectivity index (χ1v) is 20.8. The van der Waals surface area contributed by atoms with Gasteiger partial charge in [-0.2, -0.15) is 0 Å². The summed E-state index contributed by atoms with van der Waals surface area (Å²) < 4.78 is 40.0. The van der Waals surface area contributed by atoms with Gasteiger partial charge >= 0.3 is 0 Å². The van der Waals surface area contributed by atoms with Gasteiger partial charge in [-0.1, -0.05) is 69.2 Å². The Morgan fingerprint density at radius 1 is 0.658 bits per heavy atom. The summed E-state index contributed by atoms with van der Waals surface area (Å²) >= 11 is 0. The van der Waals surface area contributed by atoms with Crippen LogP contribution in [0.2, 0.25) is 36.3 Å². The van der Waals surface area contributed by atoms with Gasteiger partial charge in [0, 0.05) is 24.9 Å². The number of ether oxygens (including phenoxy) is 4. The predicted octanol–water partition coefficient (Wildman–Crippen LogP) is 7.63. The van der Waals surface area contributed by atoms with E-state index < -0.39 is 16.6 Å². The number of rotatable bonds is 9. The normalized spacial score (nSPS) is 37.9. The van der Waals surface area contributed by atoms with E-state index in [4.69, 9.17) is 27.8 Å². The topological polar surface area (TPSA) is 55.4 Å². The molecule has 6 nitrogen and oxygen atoms in total. The molecule has 0 aliphatic carbocycles. The van der Waals surface area contributed by atoms with E-state index in [1.165, 1.54) is 0 Å². The minimum Gasteiger partial charge on any atom is -0.411 e. The van der Waals surface area contributed by atoms with E-state index in [0.717, 1.165) is 6.42 Å². The van der Waals surface area contributed by atoms with E-state index in [-0.39, 0.29) is 64.8 Å². The van der Waals surface area contributed by atoms with Crippen LogP contribution in [0.15, 0.2) is 0 Å². The monoisotopic (exact) mass is 574 g/mol. The fourth-order valence-corrected chi connectivity index (χ4v) is 7.99. The minimum atomic E-state index is -2.12. The van der Waals surface area contributed by atoms with Crippen LogP contribution in [0.1, 0.15) is 82.6 Å². The van der Waals surface area contributed by atoms with Gasteiger partial charge < -0.3 is 27.8 Å². The molecular weight excluding hydrogens is 512 g/mol. The van der Waals surface area contributed by atoms with Crippen molar-refractivity contribution in [1.82, 2.24) is 0 Å². The van der Waals surface area contributed by atoms with Gasteiger partial charge in [0.15, 0.2) is 22.9 Å². The molecule has 0 N–H and O–H groups in total. The van der Waals surface area contributed by atoms with Crippen LogP contribution in [-0.2, 0) is 27.8 Å². The molecule has 226 valence electrons. The fraction of sp³-hybridized carbons (Fsp3) is 1.00. The quantitative estimate of drug-likeness (QED) is 0.264. The standard InChI is InChI=1S/C30H62O6Si2/c1-17-23-20(3)25(31-12)21(4)28(34-23)32-18-24-27(36-38(15,16)30(9,10)11)26(19(2)22(5)33-24)35-37(13,14)29(6,7)8/h19-28H,17-18H2,1-16H3/t19?,20-,21?,22+,23?,24?,25+,26-,27-,28-/m1/s1. The highest BCUT2D eigenvalue weighted by Gasteiger charge is 2.52. The summed E-state index contributed by atoms with van der Waals surface area (Å²) in [6.45, 7) is 34.5. The zero-order chi connectivity index (χ0) is 29.4. The average Bonchev–Trinajstić information content (AvgIpc) is 2.77. The lowest BCUT2D eigenvalue weighted by Gasteiger charge is -2.52. The van der Waals surface area contributed by atoms with Crippen molar-refractivity contribution in [1.29, 1.82) is 0 Å². The van der Waals surface area contributed by atoms with Crippen LogP contribution >= 0.6 is 0 Å². The summed E-state index contributed by atoms with van der Waals surface area (Å²) in [6.07, 6.45) is 0.352. The maximum absolute atomic E-state index is 7.18. The van der Waals surface area contributed by atoms with Gasteiger partial charge in [0.25, 0.3) is 0 Å². The lowest BCUT2D eigenvalue weighted by atomic mass is 9.84. The Hall–Kier alpha value is 0.194. The first-order chi connectivity index (χ1) is 17.2. The van der Waals surface area contributed by atoms with Crippen LogP contribution in [0, 0.1) is 17.8 Å². The summed E-state index contributed by atoms with van der Waals surface area (Å²) in [5, 5.41) is 0.178. The summed E-state index contributed by atoms with van der Waals surface area (Å²) in [4.78, 5) is 0. The van der Waals surface area contributed by atoms with Crippen molar-refractivity contribution >= 4 is 16.6 Å². The Balaban J connectivity index is 2.38. The van der Waals surface area contributed by atoms with Crippen molar-refractivity contribution in [2.75, 3.05) is 13.7 Å². The predicted molar refractivity (Wildman–Crippen MR) is 162 cm³/mol. The van der Waals surface area contributed by atoms with Gasteiger partial charge in [-0.25, -0.2) is 0 Å². The van der Waals surface area contributed by atoms with Crippen LogP contribution < -0.4 is 0 Å². The Bertz CT molecular complexity index is 746. The Morgan fingerprint density at radius 2 is 1.16 bits per heavy atom. The van der Waals surface area contributed by atoms with E-state index in [1.807, 2.05) is 0 Å². The molecule has 2 fully saturated rings. The second kappa shape index (κ2) is 12.6. The third-order valence-corrected chi connectivity index (χ3v) is 19.2. The van der Waals surface area contributed by atoms with Gasteiger partial charge in [-0.3, -0.25) is 0 Å². The van der Waals surface area contributed by atoms with Crippen molar-refractivity contribution < 1.29 is 27.8 Å². The summed E-state index contributed by atoms with van der Waals surface area (Å²) in [7, 11) is -2.39. The SMILES string of the molecule is CCC1O[C@@H](OCC2O[C@@H](C)C(C)[C@@H](O[Si](C)(C)C(C)(C)C)[C@@H]2O[Si](C)(C)C(C)(C)C)C(C)[C@@H](OC)[C@@H]1C. The minimum absolute atomic E-state index is 0.0393. The molecule has 0 amide bonds. The van der Waals surface area contributed by atoms with E-state index >= 15 is 0 Å². The molecule has 0 bridgehead atoms. The molecule has 10 atom stereocenters. The van der Waals surface area contributed by atoms with Crippen molar-refractivity contribution in [3.8, 4) is 0 Å². The molecule has 0 aromatic carbocycles. The maximum atomic E-state index is 7.18. The smallest absolute Gasteiger partial charge is 0.192 e. The number of hydrogen-bond acceptors (Lipinski definition) is 6. The fourth-order valence-electron chi connectivity index (χ4n) is 5.28. The second-order valence-corrected chi connectivity index (χ2v) is 24.6. The summed E-state index contributed by atoms with van der Waals surface area (Å²) in [6, 6.07) is 0. The van der Waals surface area contributed by atoms with Gasteiger partial charge in [-0.15, -0.1) is 0 Å². The lowest BCUT2D eigenvalue weighted by molar-refractivity contribution is -0.283. The van der Waals surface area contributed by atoms with E-state index in [9.17, 15) is 0 Å². The molecule has 0 aromatic rings. The van der Waals surface area contributed by atoms with Crippen LogP contribution in [-0.4, -0.2) is 73.3 Å². The Labute approximate surface area is 237 Å². The molecular formula is C30H62O6Si2. The van der Waals surface area contributed by atoms with E-state index in [1.54, 1.807) is 7.11 Å². The molecule has 8 heteroatoms. The van der Waals surface area contributed by atoms with Gasteiger partial charge in [0.05, 0.1) is 37.1 Å². The van der Waals surface area contributed by atoms with Crippen LogP contribution in [0.3, 0.4) is 0 Å². The van der Waals surface area contributed by atoms with Gasteiger partial charge in [0.2, 0.25) is 0 Å². The van der Waals surface area contributed by atoms with E-state index in [2.05, 4.69) is 102 Å². The second-order valence-electron chi connectivity index (χ2n) is 15.1. The molecule has 0 radical (unpaired) electrons. The molecule has 2 rings (SSSR count). The first-order valence-electron chi connectivity index (χ1n) is 15.0. The van der Waals surface area contributed by atoms with Crippen LogP contribution in [0.5, 0.6) is 0 Å². The summed E-state index contributed by atoms with van der Waals surface area (Å²) in [5.74, 6) is 0.656. The number of hydrogen-bond donors (Lipinski definition) is 0. The van der Waals surface area contributed by atoms with Crippen molar-refractivity contribution in [3.63, 3.8) is 0 Å². The molecule has 38 heavy (non-hydrogen) atoms. The molecule has 2 heterocycles. The molecule has 0 aromatic heterocycles. The first kappa shape index (κ1) is 34.4. The average molecular weight is 575 g/mol. The molecule has 2 aliphatic heterocycles. The summed E-state index contributed by atoms with van der Waals surface area (Å²) in [5.41, 5.74) is 0. The molecule has 0 spiro atoms. The highest BCUT2D eigenvalue weighted by Crippen LogP contribution is 2.44. The zero-order valence-electron chi connectivity index (χ0n) is 27.6. The van der Waals surface area contributed by atoms with Crippen molar-refractivity contribution in [2.45, 2.75) is 162 Å². The van der Waals surface area contributed by atoms with Crippen LogP contribution in [0.4, 0.5) is 0 Å². The largest absolute Gasteiger partial charge is 0.411 e.